The largest absolute Gasteiger partial charge is 0.423 e. The van der Waals surface area contributed by atoms with Gasteiger partial charge in [-0.05, 0) is 31.4 Å². The summed E-state index contributed by atoms with van der Waals surface area (Å²) >= 11 is 0. The first kappa shape index (κ1) is 13.8. The van der Waals surface area contributed by atoms with Gasteiger partial charge in [-0.1, -0.05) is 5.16 Å². The van der Waals surface area contributed by atoms with Crippen LogP contribution in [0.2, 0.25) is 0 Å². The Bertz CT molecular complexity index is 628. The molecule has 8 heteroatoms. The molecule has 1 aliphatic heterocycles. The molecule has 0 unspecified atom stereocenters. The molecule has 0 spiro atoms. The standard InChI is InChI=1S/C13H11F3N2O3/c14-13(15,16)9-6-7(4-5-10(9)18(19)20)12-8-2-1-3-11(8)21-17-12/h4-6,8,11H,1-3H2/t8-,11+/m1/s1. The second kappa shape index (κ2) is 4.71. The van der Waals surface area contributed by atoms with Crippen LogP contribution in [0.15, 0.2) is 23.4 Å². The van der Waals surface area contributed by atoms with Crippen LogP contribution in [0.3, 0.4) is 0 Å². The van der Waals surface area contributed by atoms with Crippen LogP contribution in [0.1, 0.15) is 30.4 Å². The fraction of sp³-hybridized carbons (Fsp3) is 0.462. The summed E-state index contributed by atoms with van der Waals surface area (Å²) in [6.45, 7) is 0. The fourth-order valence-electron chi connectivity index (χ4n) is 2.91. The minimum absolute atomic E-state index is 0.0208. The molecule has 0 N–H and O–H groups in total. The zero-order valence-corrected chi connectivity index (χ0v) is 10.8. The van der Waals surface area contributed by atoms with Gasteiger partial charge in [-0.3, -0.25) is 10.1 Å². The molecule has 1 fully saturated rings. The molecule has 1 aliphatic carbocycles. The van der Waals surface area contributed by atoms with Crippen LogP contribution in [-0.2, 0) is 11.0 Å². The second-order valence-corrected chi connectivity index (χ2v) is 5.14. The molecule has 1 aromatic carbocycles. The molecule has 0 aromatic heterocycles. The predicted octanol–water partition coefficient (Wildman–Crippen LogP) is 3.52. The maximum Gasteiger partial charge on any atom is 0.423 e. The van der Waals surface area contributed by atoms with Gasteiger partial charge in [0.05, 0.1) is 10.6 Å². The molecule has 1 aromatic rings. The van der Waals surface area contributed by atoms with Gasteiger partial charge in [-0.15, -0.1) is 0 Å². The van der Waals surface area contributed by atoms with E-state index < -0.39 is 22.4 Å². The zero-order chi connectivity index (χ0) is 15.2. The normalized spacial score (nSPS) is 24.4. The van der Waals surface area contributed by atoms with Crippen molar-refractivity contribution >= 4 is 11.4 Å². The molecule has 0 bridgehead atoms. The first-order chi connectivity index (χ1) is 9.88. The van der Waals surface area contributed by atoms with Gasteiger partial charge in [0, 0.05) is 17.5 Å². The van der Waals surface area contributed by atoms with E-state index in [0.29, 0.717) is 5.71 Å². The molecule has 5 nitrogen and oxygen atoms in total. The highest BCUT2D eigenvalue weighted by Gasteiger charge is 2.42. The molecule has 0 saturated heterocycles. The number of oxime groups is 1. The average Bonchev–Trinajstić information content (AvgIpc) is 2.99. The van der Waals surface area contributed by atoms with Crippen molar-refractivity contribution in [2.75, 3.05) is 0 Å². The van der Waals surface area contributed by atoms with Gasteiger partial charge in [0.2, 0.25) is 0 Å². The summed E-state index contributed by atoms with van der Waals surface area (Å²) in [6.07, 6.45) is -2.29. The van der Waals surface area contributed by atoms with Gasteiger partial charge >= 0.3 is 6.18 Å². The lowest BCUT2D eigenvalue weighted by atomic mass is 9.93. The first-order valence-electron chi connectivity index (χ1n) is 6.47. The van der Waals surface area contributed by atoms with Gasteiger partial charge in [0.1, 0.15) is 11.7 Å². The third-order valence-corrected chi connectivity index (χ3v) is 3.88. The van der Waals surface area contributed by atoms with E-state index in [1.54, 1.807) is 0 Å². The lowest BCUT2D eigenvalue weighted by molar-refractivity contribution is -0.388. The predicted molar refractivity (Wildman–Crippen MR) is 66.8 cm³/mol. The molecule has 112 valence electrons. The summed E-state index contributed by atoms with van der Waals surface area (Å²) in [5.41, 5.74) is -1.51. The Kier molecular flexibility index (Phi) is 3.11. The van der Waals surface area contributed by atoms with Crippen molar-refractivity contribution in [3.63, 3.8) is 0 Å². The highest BCUT2D eigenvalue weighted by atomic mass is 19.4. The molecule has 1 heterocycles. The van der Waals surface area contributed by atoms with Crippen LogP contribution in [0.4, 0.5) is 18.9 Å². The minimum Gasteiger partial charge on any atom is -0.392 e. The van der Waals surface area contributed by atoms with Crippen molar-refractivity contribution in [2.45, 2.75) is 31.5 Å². The number of alkyl halides is 3. The molecular formula is C13H11F3N2O3. The van der Waals surface area contributed by atoms with Crippen molar-refractivity contribution in [1.29, 1.82) is 0 Å². The molecule has 0 amide bonds. The molecule has 3 rings (SSSR count). The van der Waals surface area contributed by atoms with Crippen LogP contribution in [0.25, 0.3) is 0 Å². The summed E-state index contributed by atoms with van der Waals surface area (Å²) in [6, 6.07) is 2.97. The Morgan fingerprint density at radius 1 is 1.33 bits per heavy atom. The van der Waals surface area contributed by atoms with Gasteiger partial charge in [0.15, 0.2) is 0 Å². The van der Waals surface area contributed by atoms with E-state index in [0.717, 1.165) is 31.4 Å². The topological polar surface area (TPSA) is 64.7 Å². The maximum absolute atomic E-state index is 13.0. The minimum atomic E-state index is -4.78. The highest BCUT2D eigenvalue weighted by molar-refractivity contribution is 6.03. The number of hydrogen-bond acceptors (Lipinski definition) is 4. The van der Waals surface area contributed by atoms with E-state index in [-0.39, 0.29) is 17.6 Å². The van der Waals surface area contributed by atoms with Crippen molar-refractivity contribution in [2.24, 2.45) is 11.1 Å². The van der Waals surface area contributed by atoms with Gasteiger partial charge in [-0.2, -0.15) is 13.2 Å². The molecule has 21 heavy (non-hydrogen) atoms. The molecule has 2 aliphatic rings. The maximum atomic E-state index is 13.0. The number of halogens is 3. The van der Waals surface area contributed by atoms with Crippen molar-refractivity contribution in [3.05, 3.63) is 39.4 Å². The number of nitrogens with zero attached hydrogens (tertiary/aromatic N) is 2. The average molecular weight is 300 g/mol. The molecular weight excluding hydrogens is 289 g/mol. The van der Waals surface area contributed by atoms with E-state index in [1.165, 1.54) is 6.07 Å². The summed E-state index contributed by atoms with van der Waals surface area (Å²) in [4.78, 5) is 14.9. The van der Waals surface area contributed by atoms with E-state index in [9.17, 15) is 23.3 Å². The number of nitro benzene ring substituents is 1. The fourth-order valence-corrected chi connectivity index (χ4v) is 2.91. The Hall–Kier alpha value is -2.12. The van der Waals surface area contributed by atoms with E-state index in [2.05, 4.69) is 5.16 Å². The smallest absolute Gasteiger partial charge is 0.392 e. The van der Waals surface area contributed by atoms with E-state index in [4.69, 9.17) is 4.84 Å². The lowest BCUT2D eigenvalue weighted by Crippen LogP contribution is -2.18. The number of rotatable bonds is 2. The summed E-state index contributed by atoms with van der Waals surface area (Å²) in [7, 11) is 0. The SMILES string of the molecule is O=[N+]([O-])c1ccc(C2=NO[C@H]3CCC[C@@H]23)cc1C(F)(F)F. The van der Waals surface area contributed by atoms with Crippen molar-refractivity contribution in [3.8, 4) is 0 Å². The zero-order valence-electron chi connectivity index (χ0n) is 10.8. The molecule has 0 radical (unpaired) electrons. The Morgan fingerprint density at radius 3 is 2.76 bits per heavy atom. The van der Waals surface area contributed by atoms with Gasteiger partial charge in [-0.25, -0.2) is 0 Å². The van der Waals surface area contributed by atoms with E-state index in [1.807, 2.05) is 0 Å². The van der Waals surface area contributed by atoms with Crippen LogP contribution >= 0.6 is 0 Å². The van der Waals surface area contributed by atoms with Crippen molar-refractivity contribution < 1.29 is 22.9 Å². The highest BCUT2D eigenvalue weighted by Crippen LogP contribution is 2.40. The summed E-state index contributed by atoms with van der Waals surface area (Å²) < 4.78 is 38.9. The lowest BCUT2D eigenvalue weighted by Gasteiger charge is -2.12. The number of hydrogen-bond donors (Lipinski definition) is 0. The van der Waals surface area contributed by atoms with E-state index >= 15 is 0 Å². The third-order valence-electron chi connectivity index (χ3n) is 3.88. The van der Waals surface area contributed by atoms with Crippen LogP contribution in [0.5, 0.6) is 0 Å². The van der Waals surface area contributed by atoms with Crippen LogP contribution in [-0.4, -0.2) is 16.7 Å². The number of fused-ring (bicyclic) bond motifs is 1. The van der Waals surface area contributed by atoms with Crippen LogP contribution in [0, 0.1) is 16.0 Å². The van der Waals surface area contributed by atoms with Crippen molar-refractivity contribution in [1.82, 2.24) is 0 Å². The number of nitro groups is 1. The third kappa shape index (κ3) is 2.34. The Labute approximate surface area is 117 Å². The van der Waals surface area contributed by atoms with Crippen LogP contribution < -0.4 is 0 Å². The summed E-state index contributed by atoms with van der Waals surface area (Å²) in [5.74, 6) is -0.0208. The Morgan fingerprint density at radius 2 is 2.10 bits per heavy atom. The Balaban J connectivity index is 2.03. The summed E-state index contributed by atoms with van der Waals surface area (Å²) in [5, 5.41) is 14.6. The molecule has 2 atom stereocenters. The number of benzene rings is 1. The van der Waals surface area contributed by atoms with Gasteiger partial charge < -0.3 is 4.84 Å². The van der Waals surface area contributed by atoms with Gasteiger partial charge in [0.25, 0.3) is 5.69 Å². The molecule has 1 saturated carbocycles. The second-order valence-electron chi connectivity index (χ2n) is 5.14. The monoisotopic (exact) mass is 300 g/mol. The first-order valence-corrected chi connectivity index (χ1v) is 6.47. The quantitative estimate of drug-likeness (QED) is 0.620.